The fraction of sp³-hybridized carbons (Fsp3) is 0.385. The van der Waals surface area contributed by atoms with Crippen LogP contribution in [0.5, 0.6) is 5.75 Å². The van der Waals surface area contributed by atoms with Crippen molar-refractivity contribution in [1.29, 1.82) is 0 Å². The molecule has 0 spiro atoms. The molecule has 1 fully saturated rings. The Morgan fingerprint density at radius 3 is 2.24 bits per heavy atom. The van der Waals surface area contributed by atoms with Gasteiger partial charge in [-0.05, 0) is 61.5 Å². The van der Waals surface area contributed by atoms with Crippen molar-refractivity contribution in [3.8, 4) is 5.75 Å². The van der Waals surface area contributed by atoms with Crippen molar-refractivity contribution in [1.82, 2.24) is 9.80 Å². The van der Waals surface area contributed by atoms with Crippen molar-refractivity contribution in [3.63, 3.8) is 0 Å². The van der Waals surface area contributed by atoms with Crippen LogP contribution in [0.4, 0.5) is 0 Å². The summed E-state index contributed by atoms with van der Waals surface area (Å²) in [5, 5.41) is 11.6. The Hall–Kier alpha value is -2.83. The van der Waals surface area contributed by atoms with Gasteiger partial charge in [-0.3, -0.25) is 9.59 Å². The molecule has 1 aliphatic rings. The summed E-state index contributed by atoms with van der Waals surface area (Å²) in [4.78, 5) is 29.9. The number of amides is 1. The third-order valence-corrected chi connectivity index (χ3v) is 6.13. The smallest absolute Gasteiger partial charge is 0.295 e. The lowest BCUT2D eigenvalue weighted by molar-refractivity contribution is -0.140. The Bertz CT molecular complexity index is 998. The lowest BCUT2D eigenvalue weighted by Gasteiger charge is -2.28. The van der Waals surface area contributed by atoms with Crippen molar-refractivity contribution >= 4 is 29.1 Å². The van der Waals surface area contributed by atoms with E-state index in [2.05, 4.69) is 18.7 Å². The Labute approximate surface area is 200 Å². The average Bonchev–Trinajstić information content (AvgIpc) is 3.08. The second kappa shape index (κ2) is 11.3. The normalized spacial score (nSPS) is 17.7. The molecule has 1 aliphatic heterocycles. The molecule has 1 saturated heterocycles. The van der Waals surface area contributed by atoms with Crippen LogP contribution in [0.15, 0.2) is 54.1 Å². The number of Topliss-reactive ketones (excluding diaryl/α,β-unsaturated/α-hetero) is 1. The molecule has 0 unspecified atom stereocenters. The number of hydrogen-bond donors (Lipinski definition) is 1. The molecule has 0 radical (unpaired) electrons. The van der Waals surface area contributed by atoms with E-state index in [4.69, 9.17) is 16.3 Å². The second-order valence-electron chi connectivity index (χ2n) is 7.94. The van der Waals surface area contributed by atoms with Crippen molar-refractivity contribution in [2.45, 2.75) is 33.2 Å². The highest BCUT2D eigenvalue weighted by Crippen LogP contribution is 2.39. The SMILES string of the molecule is CCCOc1ccc([C@H]2C(=C(O)c3ccc(Cl)cc3)C(=O)C(=O)N2CCN(CC)CC)cc1. The third-order valence-electron chi connectivity index (χ3n) is 5.88. The summed E-state index contributed by atoms with van der Waals surface area (Å²) in [6.45, 7) is 9.47. The Kier molecular flexibility index (Phi) is 8.53. The molecular formula is C26H31ClN2O4. The number of ketones is 1. The van der Waals surface area contributed by atoms with E-state index >= 15 is 0 Å². The maximum absolute atomic E-state index is 13.1. The fourth-order valence-electron chi connectivity index (χ4n) is 3.98. The Morgan fingerprint density at radius 1 is 1.03 bits per heavy atom. The first-order chi connectivity index (χ1) is 15.9. The van der Waals surface area contributed by atoms with Crippen LogP contribution in [-0.2, 0) is 9.59 Å². The zero-order chi connectivity index (χ0) is 24.0. The monoisotopic (exact) mass is 470 g/mol. The summed E-state index contributed by atoms with van der Waals surface area (Å²) < 4.78 is 5.68. The number of benzene rings is 2. The van der Waals surface area contributed by atoms with E-state index in [1.54, 1.807) is 29.2 Å². The van der Waals surface area contributed by atoms with Gasteiger partial charge < -0.3 is 19.6 Å². The van der Waals surface area contributed by atoms with Gasteiger partial charge in [0.2, 0.25) is 0 Å². The Morgan fingerprint density at radius 2 is 1.67 bits per heavy atom. The lowest BCUT2D eigenvalue weighted by atomic mass is 9.95. The molecule has 7 heteroatoms. The number of hydrogen-bond acceptors (Lipinski definition) is 5. The van der Waals surface area contributed by atoms with Gasteiger partial charge in [-0.1, -0.05) is 44.5 Å². The number of carbonyl (C=O) groups is 2. The molecule has 1 heterocycles. The van der Waals surface area contributed by atoms with Gasteiger partial charge in [-0.15, -0.1) is 0 Å². The maximum atomic E-state index is 13.1. The first-order valence-corrected chi connectivity index (χ1v) is 11.8. The molecule has 0 bridgehead atoms. The van der Waals surface area contributed by atoms with Crippen LogP contribution in [0.2, 0.25) is 5.02 Å². The van der Waals surface area contributed by atoms with Crippen molar-refractivity contribution in [3.05, 3.63) is 70.3 Å². The summed E-state index contributed by atoms with van der Waals surface area (Å²) in [6.07, 6.45) is 0.897. The van der Waals surface area contributed by atoms with Gasteiger partial charge in [0.1, 0.15) is 11.5 Å². The van der Waals surface area contributed by atoms with E-state index in [-0.39, 0.29) is 11.3 Å². The molecule has 6 nitrogen and oxygen atoms in total. The highest BCUT2D eigenvalue weighted by molar-refractivity contribution is 6.46. The van der Waals surface area contributed by atoms with Crippen LogP contribution >= 0.6 is 11.6 Å². The van der Waals surface area contributed by atoms with E-state index in [0.29, 0.717) is 30.3 Å². The predicted molar refractivity (Wildman–Crippen MR) is 130 cm³/mol. The number of halogens is 1. The molecule has 176 valence electrons. The molecule has 33 heavy (non-hydrogen) atoms. The molecule has 1 amide bonds. The molecule has 3 rings (SSSR count). The largest absolute Gasteiger partial charge is 0.507 e. The number of aliphatic hydroxyl groups excluding tert-OH is 1. The quantitative estimate of drug-likeness (QED) is 0.304. The van der Waals surface area contributed by atoms with E-state index in [9.17, 15) is 14.7 Å². The number of rotatable bonds is 10. The van der Waals surface area contributed by atoms with Gasteiger partial charge in [0.15, 0.2) is 0 Å². The molecule has 2 aromatic rings. The minimum Gasteiger partial charge on any atom is -0.507 e. The second-order valence-corrected chi connectivity index (χ2v) is 8.38. The predicted octanol–water partition coefficient (Wildman–Crippen LogP) is 4.89. The van der Waals surface area contributed by atoms with E-state index in [0.717, 1.165) is 30.8 Å². The molecule has 0 saturated carbocycles. The first kappa shape index (κ1) is 24.8. The Balaban J connectivity index is 2.04. The van der Waals surface area contributed by atoms with Gasteiger partial charge in [0.25, 0.3) is 11.7 Å². The zero-order valence-electron chi connectivity index (χ0n) is 19.4. The highest BCUT2D eigenvalue weighted by Gasteiger charge is 2.45. The van der Waals surface area contributed by atoms with Crippen LogP contribution in [0.25, 0.3) is 5.76 Å². The van der Waals surface area contributed by atoms with Gasteiger partial charge in [-0.25, -0.2) is 0 Å². The van der Waals surface area contributed by atoms with Crippen LogP contribution < -0.4 is 4.74 Å². The van der Waals surface area contributed by atoms with Crippen molar-refractivity contribution < 1.29 is 19.4 Å². The summed E-state index contributed by atoms with van der Waals surface area (Å²) >= 11 is 5.98. The minimum atomic E-state index is -0.684. The fourth-order valence-corrected chi connectivity index (χ4v) is 4.10. The van der Waals surface area contributed by atoms with E-state index < -0.39 is 17.7 Å². The molecule has 1 atom stereocenters. The summed E-state index contributed by atoms with van der Waals surface area (Å²) in [5.74, 6) is -0.766. The first-order valence-electron chi connectivity index (χ1n) is 11.4. The van der Waals surface area contributed by atoms with Crippen molar-refractivity contribution in [2.24, 2.45) is 0 Å². The highest BCUT2D eigenvalue weighted by atomic mass is 35.5. The number of ether oxygens (including phenoxy) is 1. The van der Waals surface area contributed by atoms with Crippen LogP contribution in [-0.4, -0.2) is 59.4 Å². The molecular weight excluding hydrogens is 440 g/mol. The number of nitrogens with zero attached hydrogens (tertiary/aromatic N) is 2. The number of likely N-dealkylation sites (tertiary alicyclic amines) is 1. The van der Waals surface area contributed by atoms with E-state index in [1.165, 1.54) is 0 Å². The maximum Gasteiger partial charge on any atom is 0.295 e. The minimum absolute atomic E-state index is 0.0871. The number of aliphatic hydroxyl groups is 1. The molecule has 2 aromatic carbocycles. The van der Waals surface area contributed by atoms with Crippen LogP contribution in [0.3, 0.4) is 0 Å². The summed E-state index contributed by atoms with van der Waals surface area (Å²) in [5.41, 5.74) is 1.27. The third kappa shape index (κ3) is 5.57. The average molecular weight is 471 g/mol. The van der Waals surface area contributed by atoms with Gasteiger partial charge in [0.05, 0.1) is 18.2 Å². The van der Waals surface area contributed by atoms with Gasteiger partial charge in [0, 0.05) is 23.7 Å². The van der Waals surface area contributed by atoms with Gasteiger partial charge in [-0.2, -0.15) is 0 Å². The zero-order valence-corrected chi connectivity index (χ0v) is 20.1. The topological polar surface area (TPSA) is 70.1 Å². The molecule has 1 N–H and O–H groups in total. The van der Waals surface area contributed by atoms with Crippen LogP contribution in [0.1, 0.15) is 44.4 Å². The van der Waals surface area contributed by atoms with Crippen LogP contribution in [0, 0.1) is 0 Å². The lowest BCUT2D eigenvalue weighted by Crippen LogP contribution is -2.38. The van der Waals surface area contributed by atoms with Gasteiger partial charge >= 0.3 is 0 Å². The molecule has 0 aliphatic carbocycles. The number of carbonyl (C=O) groups excluding carboxylic acids is 2. The summed E-state index contributed by atoms with van der Waals surface area (Å²) in [6, 6.07) is 13.2. The number of likely N-dealkylation sites (N-methyl/N-ethyl adjacent to an activating group) is 1. The van der Waals surface area contributed by atoms with Crippen molar-refractivity contribution in [2.75, 3.05) is 32.8 Å². The standard InChI is InChI=1S/C26H31ClN2O4/c1-4-17-33-21-13-9-18(10-14-21)23-22(24(30)19-7-11-20(27)12-8-19)25(31)26(32)29(23)16-15-28(5-2)6-3/h7-14,23,30H,4-6,15-17H2,1-3H3/t23-/m0/s1. The van der Waals surface area contributed by atoms with E-state index in [1.807, 2.05) is 31.2 Å². The summed E-state index contributed by atoms with van der Waals surface area (Å²) in [7, 11) is 0. The molecule has 0 aromatic heterocycles.